The van der Waals surface area contributed by atoms with Crippen LogP contribution in [0.1, 0.15) is 12.8 Å². The lowest BCUT2D eigenvalue weighted by atomic mass is 10.1. The Balaban J connectivity index is 1.70. The summed E-state index contributed by atoms with van der Waals surface area (Å²) in [7, 11) is 0. The number of carbonyl (C=O) groups excluding carboxylic acids is 2. The number of amides is 2. The molecule has 22 heavy (non-hydrogen) atoms. The van der Waals surface area contributed by atoms with Crippen molar-refractivity contribution in [3.8, 4) is 0 Å². The fourth-order valence-corrected chi connectivity index (χ4v) is 2.35. The summed E-state index contributed by atoms with van der Waals surface area (Å²) >= 11 is 0. The van der Waals surface area contributed by atoms with Crippen molar-refractivity contribution in [1.82, 2.24) is 20.0 Å². The molecule has 1 aliphatic rings. The van der Waals surface area contributed by atoms with Gasteiger partial charge in [0, 0.05) is 38.4 Å². The average Bonchev–Trinajstić information content (AvgIpc) is 3.04. The molecule has 0 aliphatic carbocycles. The van der Waals surface area contributed by atoms with Crippen molar-refractivity contribution in [1.29, 1.82) is 0 Å². The summed E-state index contributed by atoms with van der Waals surface area (Å²) in [6.07, 6.45) is -0.503. The Morgan fingerprint density at radius 3 is 2.86 bits per heavy atom. The normalized spacial score (nSPS) is 18.8. The zero-order chi connectivity index (χ0) is 16.2. The molecule has 2 amide bonds. The molecule has 0 bridgehead atoms. The maximum atomic E-state index is 12.3. The zero-order valence-corrected chi connectivity index (χ0v) is 11.8. The molecular weight excluding hydrogens is 301 g/mol. The number of hydrogen-bond donors (Lipinski definition) is 1. The molecule has 1 atom stereocenters. The van der Waals surface area contributed by atoms with Gasteiger partial charge in [-0.15, -0.1) is 0 Å². The summed E-state index contributed by atoms with van der Waals surface area (Å²) in [4.78, 5) is 24.0. The molecule has 1 aromatic heterocycles. The maximum Gasteiger partial charge on any atom is 0.406 e. The largest absolute Gasteiger partial charge is 0.406 e. The lowest BCUT2D eigenvalue weighted by molar-refractivity contribution is -0.157. The van der Waals surface area contributed by atoms with E-state index in [1.165, 1.54) is 0 Å². The van der Waals surface area contributed by atoms with Gasteiger partial charge in [0.1, 0.15) is 6.54 Å². The maximum absolute atomic E-state index is 12.3. The van der Waals surface area contributed by atoms with Gasteiger partial charge in [-0.2, -0.15) is 18.3 Å². The molecule has 0 saturated carbocycles. The van der Waals surface area contributed by atoms with Gasteiger partial charge in [0.15, 0.2) is 0 Å². The van der Waals surface area contributed by atoms with E-state index in [4.69, 9.17) is 0 Å². The highest BCUT2D eigenvalue weighted by Gasteiger charge is 2.40. The lowest BCUT2D eigenvalue weighted by Gasteiger charge is -2.18. The first-order valence-electron chi connectivity index (χ1n) is 6.95. The Labute approximate surface area is 125 Å². The van der Waals surface area contributed by atoms with E-state index >= 15 is 0 Å². The van der Waals surface area contributed by atoms with Crippen molar-refractivity contribution in [3.05, 3.63) is 18.5 Å². The molecule has 9 heteroatoms. The fraction of sp³-hybridized carbons (Fsp3) is 0.615. The summed E-state index contributed by atoms with van der Waals surface area (Å²) in [5.74, 6) is -1.72. The van der Waals surface area contributed by atoms with Crippen LogP contribution >= 0.6 is 0 Å². The Kier molecular flexibility index (Phi) is 5.04. The Hall–Kier alpha value is -2.06. The Bertz CT molecular complexity index is 516. The van der Waals surface area contributed by atoms with E-state index in [2.05, 4.69) is 10.4 Å². The van der Waals surface area contributed by atoms with E-state index in [-0.39, 0.29) is 18.9 Å². The van der Waals surface area contributed by atoms with Gasteiger partial charge in [0.05, 0.1) is 5.92 Å². The molecule has 122 valence electrons. The SMILES string of the molecule is O=C(NCCCn1cccn1)[C@@H]1CC(=O)N(CC(F)(F)F)C1. The van der Waals surface area contributed by atoms with Crippen molar-refractivity contribution in [2.45, 2.75) is 25.6 Å². The van der Waals surface area contributed by atoms with Crippen molar-refractivity contribution >= 4 is 11.8 Å². The average molecular weight is 318 g/mol. The Morgan fingerprint density at radius 2 is 2.23 bits per heavy atom. The molecular formula is C13H17F3N4O2. The third kappa shape index (κ3) is 4.74. The van der Waals surface area contributed by atoms with Crippen molar-refractivity contribution < 1.29 is 22.8 Å². The van der Waals surface area contributed by atoms with Gasteiger partial charge < -0.3 is 10.2 Å². The van der Waals surface area contributed by atoms with E-state index in [1.807, 2.05) is 0 Å². The van der Waals surface area contributed by atoms with E-state index in [0.717, 1.165) is 0 Å². The van der Waals surface area contributed by atoms with Crippen LogP contribution in [0.5, 0.6) is 0 Å². The first-order chi connectivity index (χ1) is 10.3. The van der Waals surface area contributed by atoms with Crippen LogP contribution in [-0.2, 0) is 16.1 Å². The van der Waals surface area contributed by atoms with Gasteiger partial charge in [0.2, 0.25) is 11.8 Å². The van der Waals surface area contributed by atoms with Crippen LogP contribution in [0.3, 0.4) is 0 Å². The van der Waals surface area contributed by atoms with E-state index in [9.17, 15) is 22.8 Å². The third-order valence-corrected chi connectivity index (χ3v) is 3.38. The molecule has 0 aromatic carbocycles. The van der Waals surface area contributed by atoms with Crippen LogP contribution in [-0.4, -0.2) is 52.3 Å². The van der Waals surface area contributed by atoms with E-state index in [1.54, 1.807) is 23.1 Å². The number of aromatic nitrogens is 2. The monoisotopic (exact) mass is 318 g/mol. The molecule has 2 heterocycles. The van der Waals surface area contributed by atoms with Gasteiger partial charge in [-0.05, 0) is 12.5 Å². The molecule has 1 fully saturated rings. The quantitative estimate of drug-likeness (QED) is 0.789. The summed E-state index contributed by atoms with van der Waals surface area (Å²) in [5, 5.41) is 6.66. The standard InChI is InChI=1S/C13H17F3N4O2/c14-13(15,16)9-19-8-10(7-11(19)21)12(22)17-3-1-5-20-6-2-4-18-20/h2,4,6,10H,1,3,5,7-9H2,(H,17,22)/t10-/m1/s1. The van der Waals surface area contributed by atoms with Crippen LogP contribution in [0.15, 0.2) is 18.5 Å². The molecule has 2 rings (SSSR count). The van der Waals surface area contributed by atoms with Gasteiger partial charge in [-0.3, -0.25) is 14.3 Å². The van der Waals surface area contributed by atoms with Crippen LogP contribution in [0, 0.1) is 5.92 Å². The van der Waals surface area contributed by atoms with Crippen LogP contribution in [0.25, 0.3) is 0 Å². The number of nitrogens with zero attached hydrogens (tertiary/aromatic N) is 3. The second-order valence-electron chi connectivity index (χ2n) is 5.20. The molecule has 6 nitrogen and oxygen atoms in total. The lowest BCUT2D eigenvalue weighted by Crippen LogP contribution is -2.37. The highest BCUT2D eigenvalue weighted by Crippen LogP contribution is 2.23. The Morgan fingerprint density at radius 1 is 1.45 bits per heavy atom. The van der Waals surface area contributed by atoms with Gasteiger partial charge in [0.25, 0.3) is 0 Å². The number of alkyl halides is 3. The van der Waals surface area contributed by atoms with Crippen molar-refractivity contribution in [2.75, 3.05) is 19.6 Å². The predicted octanol–water partition coefficient (Wildman–Crippen LogP) is 0.800. The highest BCUT2D eigenvalue weighted by molar-refractivity contribution is 5.89. The second kappa shape index (κ2) is 6.80. The van der Waals surface area contributed by atoms with Crippen LogP contribution < -0.4 is 5.32 Å². The van der Waals surface area contributed by atoms with Crippen molar-refractivity contribution in [3.63, 3.8) is 0 Å². The number of nitrogens with one attached hydrogen (secondary N) is 1. The number of rotatable bonds is 6. The minimum Gasteiger partial charge on any atom is -0.356 e. The van der Waals surface area contributed by atoms with Crippen molar-refractivity contribution in [2.24, 2.45) is 5.92 Å². The molecule has 1 saturated heterocycles. The first-order valence-corrected chi connectivity index (χ1v) is 6.95. The number of likely N-dealkylation sites (tertiary alicyclic amines) is 1. The smallest absolute Gasteiger partial charge is 0.356 e. The minimum absolute atomic E-state index is 0.166. The minimum atomic E-state index is -4.44. The van der Waals surface area contributed by atoms with Gasteiger partial charge in [-0.1, -0.05) is 0 Å². The van der Waals surface area contributed by atoms with E-state index in [0.29, 0.717) is 24.4 Å². The molecule has 0 unspecified atom stereocenters. The van der Waals surface area contributed by atoms with E-state index < -0.39 is 24.5 Å². The number of hydrogen-bond acceptors (Lipinski definition) is 3. The topological polar surface area (TPSA) is 67.2 Å². The summed E-state index contributed by atoms with van der Waals surface area (Å²) < 4.78 is 38.6. The van der Waals surface area contributed by atoms with Gasteiger partial charge >= 0.3 is 6.18 Å². The summed E-state index contributed by atoms with van der Waals surface area (Å²) in [5.41, 5.74) is 0. The highest BCUT2D eigenvalue weighted by atomic mass is 19.4. The molecule has 1 aromatic rings. The first kappa shape index (κ1) is 16.3. The number of halogens is 3. The molecule has 1 N–H and O–H groups in total. The predicted molar refractivity (Wildman–Crippen MR) is 70.6 cm³/mol. The van der Waals surface area contributed by atoms with Gasteiger partial charge in [-0.25, -0.2) is 0 Å². The molecule has 1 aliphatic heterocycles. The summed E-state index contributed by atoms with van der Waals surface area (Å²) in [6.45, 7) is -0.446. The number of aryl methyl sites for hydroxylation is 1. The molecule has 0 radical (unpaired) electrons. The zero-order valence-electron chi connectivity index (χ0n) is 11.8. The summed E-state index contributed by atoms with van der Waals surface area (Å²) in [6, 6.07) is 1.79. The molecule has 0 spiro atoms. The number of carbonyl (C=O) groups is 2. The van der Waals surface area contributed by atoms with Crippen LogP contribution in [0.4, 0.5) is 13.2 Å². The third-order valence-electron chi connectivity index (χ3n) is 3.38. The van der Waals surface area contributed by atoms with Crippen LogP contribution in [0.2, 0.25) is 0 Å². The fourth-order valence-electron chi connectivity index (χ4n) is 2.35. The second-order valence-corrected chi connectivity index (χ2v) is 5.20.